The lowest BCUT2D eigenvalue weighted by Gasteiger charge is -2.14. The molecule has 4 aromatic rings. The number of thioether (sulfide) groups is 1. The summed E-state index contributed by atoms with van der Waals surface area (Å²) in [5.41, 5.74) is 1.77. The van der Waals surface area contributed by atoms with Crippen LogP contribution >= 0.6 is 11.8 Å². The Bertz CT molecular complexity index is 1710. The van der Waals surface area contributed by atoms with Crippen LogP contribution in [0.25, 0.3) is 6.08 Å². The molecule has 0 saturated carbocycles. The van der Waals surface area contributed by atoms with Gasteiger partial charge >= 0.3 is 0 Å². The number of nitro groups is 1. The molecule has 0 spiro atoms. The number of nitrogens with one attached hydrogen (secondary N) is 3. The van der Waals surface area contributed by atoms with Gasteiger partial charge in [0.1, 0.15) is 17.2 Å². The van der Waals surface area contributed by atoms with E-state index in [0.29, 0.717) is 34.0 Å². The molecule has 12 heteroatoms. The quantitative estimate of drug-likeness (QED) is 0.0735. The second-order valence-electron chi connectivity index (χ2n) is 9.52. The molecular weight excluding hydrogens is 596 g/mol. The first-order valence-electron chi connectivity index (χ1n) is 13.6. The van der Waals surface area contributed by atoms with Gasteiger partial charge in [0, 0.05) is 45.6 Å². The summed E-state index contributed by atoms with van der Waals surface area (Å²) < 4.78 is 10.7. The Morgan fingerprint density at radius 1 is 0.844 bits per heavy atom. The summed E-state index contributed by atoms with van der Waals surface area (Å²) in [5.74, 6) is -0.282. The smallest absolute Gasteiger partial charge is 0.272 e. The average molecular weight is 627 g/mol. The lowest BCUT2D eigenvalue weighted by Crippen LogP contribution is -2.30. The van der Waals surface area contributed by atoms with Crippen molar-refractivity contribution in [1.29, 1.82) is 0 Å². The zero-order chi connectivity index (χ0) is 32.3. The first kappa shape index (κ1) is 32.3. The summed E-state index contributed by atoms with van der Waals surface area (Å²) in [4.78, 5) is 50.2. The van der Waals surface area contributed by atoms with Crippen molar-refractivity contribution in [2.24, 2.45) is 0 Å². The van der Waals surface area contributed by atoms with E-state index in [2.05, 4.69) is 16.0 Å². The molecule has 0 radical (unpaired) electrons. The zero-order valence-corrected chi connectivity index (χ0v) is 25.4. The van der Waals surface area contributed by atoms with Crippen molar-refractivity contribution < 1.29 is 28.8 Å². The number of methoxy groups -OCH3 is 2. The normalized spacial score (nSPS) is 11.6. The monoisotopic (exact) mass is 626 g/mol. The van der Waals surface area contributed by atoms with Gasteiger partial charge in [-0.2, -0.15) is 0 Å². The summed E-state index contributed by atoms with van der Waals surface area (Å²) in [7, 11) is 3.03. The lowest BCUT2D eigenvalue weighted by atomic mass is 10.1. The largest absolute Gasteiger partial charge is 0.497 e. The van der Waals surface area contributed by atoms with Crippen LogP contribution < -0.4 is 25.4 Å². The van der Waals surface area contributed by atoms with Crippen LogP contribution in [0.5, 0.6) is 11.5 Å². The van der Waals surface area contributed by atoms with Crippen molar-refractivity contribution in [3.63, 3.8) is 0 Å². The highest BCUT2D eigenvalue weighted by Gasteiger charge is 2.18. The van der Waals surface area contributed by atoms with Crippen molar-refractivity contribution in [3.8, 4) is 11.5 Å². The SMILES string of the molecule is COc1ccc(/C=C(\NC(=O)c2ccccc2)C(=O)Nc2ccc(SC(C)C(=O)Nc3ccc([N+](=O)[O-])cc3)cc2)c(OC)c1. The molecule has 45 heavy (non-hydrogen) atoms. The fraction of sp³-hybridized carbons (Fsp3) is 0.121. The van der Waals surface area contributed by atoms with E-state index in [-0.39, 0.29) is 17.3 Å². The van der Waals surface area contributed by atoms with E-state index in [1.165, 1.54) is 56.3 Å². The molecule has 0 aliphatic rings. The fourth-order valence-corrected chi connectivity index (χ4v) is 4.89. The highest BCUT2D eigenvalue weighted by Crippen LogP contribution is 2.28. The van der Waals surface area contributed by atoms with E-state index >= 15 is 0 Å². The highest BCUT2D eigenvalue weighted by molar-refractivity contribution is 8.00. The molecule has 0 aliphatic heterocycles. The topological polar surface area (TPSA) is 149 Å². The molecule has 1 unspecified atom stereocenters. The molecule has 3 amide bonds. The van der Waals surface area contributed by atoms with Crippen molar-refractivity contribution in [2.45, 2.75) is 17.1 Å². The van der Waals surface area contributed by atoms with Crippen molar-refractivity contribution in [3.05, 3.63) is 124 Å². The number of amides is 3. The Balaban J connectivity index is 1.46. The van der Waals surface area contributed by atoms with Crippen LogP contribution in [-0.4, -0.2) is 42.1 Å². The molecular formula is C33H30N4O7S. The van der Waals surface area contributed by atoms with Gasteiger partial charge in [-0.1, -0.05) is 18.2 Å². The Kier molecular flexibility index (Phi) is 10.9. The fourth-order valence-electron chi connectivity index (χ4n) is 4.02. The van der Waals surface area contributed by atoms with Crippen LogP contribution in [-0.2, 0) is 9.59 Å². The summed E-state index contributed by atoms with van der Waals surface area (Å²) in [6.07, 6.45) is 1.52. The molecule has 0 fully saturated rings. The van der Waals surface area contributed by atoms with Crippen LogP contribution in [0.3, 0.4) is 0 Å². The van der Waals surface area contributed by atoms with Crippen LogP contribution in [0, 0.1) is 10.1 Å². The van der Waals surface area contributed by atoms with Gasteiger partial charge in [0.05, 0.1) is 24.4 Å². The Hall–Kier alpha value is -5.62. The van der Waals surface area contributed by atoms with Gasteiger partial charge in [-0.25, -0.2) is 0 Å². The van der Waals surface area contributed by atoms with Gasteiger partial charge in [0.2, 0.25) is 5.91 Å². The van der Waals surface area contributed by atoms with Gasteiger partial charge in [-0.3, -0.25) is 24.5 Å². The number of carbonyl (C=O) groups excluding carboxylic acids is 3. The third-order valence-corrected chi connectivity index (χ3v) is 7.52. The molecule has 230 valence electrons. The van der Waals surface area contributed by atoms with Crippen LogP contribution in [0.15, 0.2) is 108 Å². The van der Waals surface area contributed by atoms with Gasteiger partial charge < -0.3 is 25.4 Å². The maximum absolute atomic E-state index is 13.4. The Labute approximate surface area is 263 Å². The van der Waals surface area contributed by atoms with Gasteiger partial charge in [0.15, 0.2) is 0 Å². The molecule has 0 heterocycles. The standard InChI is InChI=1S/C33H30N4O7S/c1-21(31(38)34-24-10-14-26(15-11-24)37(41)42)45-28-17-12-25(13-18-28)35-33(40)29(36-32(39)22-7-5-4-6-8-22)19-23-9-16-27(43-2)20-30(23)44-3/h4-21H,1-3H3,(H,34,38)(H,35,40)(H,36,39)/b29-19-. The van der Waals surface area contributed by atoms with E-state index in [1.807, 2.05) is 0 Å². The molecule has 1 atom stereocenters. The first-order valence-corrected chi connectivity index (χ1v) is 14.5. The minimum atomic E-state index is -0.562. The van der Waals surface area contributed by atoms with E-state index in [9.17, 15) is 24.5 Å². The van der Waals surface area contributed by atoms with E-state index in [4.69, 9.17) is 9.47 Å². The first-order chi connectivity index (χ1) is 21.7. The predicted octanol–water partition coefficient (Wildman–Crippen LogP) is 6.14. The number of rotatable bonds is 12. The number of benzene rings is 4. The highest BCUT2D eigenvalue weighted by atomic mass is 32.2. The molecule has 4 rings (SSSR count). The number of nitrogens with zero attached hydrogens (tertiary/aromatic N) is 1. The zero-order valence-electron chi connectivity index (χ0n) is 24.6. The van der Waals surface area contributed by atoms with Gasteiger partial charge in [-0.15, -0.1) is 11.8 Å². The molecule has 11 nitrogen and oxygen atoms in total. The summed E-state index contributed by atoms with van der Waals surface area (Å²) in [6, 6.07) is 26.1. The molecule has 0 aliphatic carbocycles. The lowest BCUT2D eigenvalue weighted by molar-refractivity contribution is -0.384. The molecule has 4 aromatic carbocycles. The van der Waals surface area contributed by atoms with Crippen LogP contribution in [0.4, 0.5) is 17.1 Å². The maximum Gasteiger partial charge on any atom is 0.272 e. The summed E-state index contributed by atoms with van der Waals surface area (Å²) >= 11 is 1.30. The molecule has 0 aromatic heterocycles. The van der Waals surface area contributed by atoms with Crippen molar-refractivity contribution in [1.82, 2.24) is 5.32 Å². The minimum Gasteiger partial charge on any atom is -0.497 e. The average Bonchev–Trinajstić information content (AvgIpc) is 3.05. The third-order valence-electron chi connectivity index (χ3n) is 6.41. The third kappa shape index (κ3) is 8.94. The number of ether oxygens (including phenoxy) is 2. The van der Waals surface area contributed by atoms with E-state index in [1.54, 1.807) is 79.7 Å². The van der Waals surface area contributed by atoms with Crippen molar-refractivity contribution >= 4 is 52.6 Å². The molecule has 3 N–H and O–H groups in total. The van der Waals surface area contributed by atoms with Crippen LogP contribution in [0.1, 0.15) is 22.8 Å². The van der Waals surface area contributed by atoms with Gasteiger partial charge in [-0.05, 0) is 73.7 Å². The van der Waals surface area contributed by atoms with E-state index in [0.717, 1.165) is 4.90 Å². The van der Waals surface area contributed by atoms with Crippen molar-refractivity contribution in [2.75, 3.05) is 24.9 Å². The number of nitro benzene ring substituents is 1. The number of hydrogen-bond acceptors (Lipinski definition) is 8. The summed E-state index contributed by atoms with van der Waals surface area (Å²) in [5, 5.41) is 18.6. The Morgan fingerprint density at radius 2 is 1.49 bits per heavy atom. The number of carbonyl (C=O) groups is 3. The molecule has 0 saturated heterocycles. The predicted molar refractivity (Wildman–Crippen MR) is 174 cm³/mol. The number of hydrogen-bond donors (Lipinski definition) is 3. The second kappa shape index (κ2) is 15.2. The maximum atomic E-state index is 13.4. The Morgan fingerprint density at radius 3 is 2.11 bits per heavy atom. The summed E-state index contributed by atoms with van der Waals surface area (Å²) in [6.45, 7) is 1.74. The number of anilines is 2. The van der Waals surface area contributed by atoms with Gasteiger partial charge in [0.25, 0.3) is 17.5 Å². The number of non-ortho nitro benzene ring substituents is 1. The second-order valence-corrected chi connectivity index (χ2v) is 10.9. The molecule has 0 bridgehead atoms. The van der Waals surface area contributed by atoms with E-state index < -0.39 is 22.0 Å². The minimum absolute atomic E-state index is 0.0118. The van der Waals surface area contributed by atoms with Crippen LogP contribution in [0.2, 0.25) is 0 Å².